The van der Waals surface area contributed by atoms with Crippen LogP contribution < -0.4 is 4.90 Å². The molecule has 0 aliphatic rings. The topological polar surface area (TPSA) is 29.5 Å². The molecule has 4 heteroatoms. The van der Waals surface area contributed by atoms with Gasteiger partial charge in [0.1, 0.15) is 0 Å². The highest BCUT2D eigenvalue weighted by molar-refractivity contribution is 6.34. The fraction of sp³-hybridized carbons (Fsp3) is 0.462. The summed E-state index contributed by atoms with van der Waals surface area (Å²) in [7, 11) is 3.69. The molecule has 1 aromatic carbocycles. The normalized spacial score (nSPS) is 10.4. The van der Waals surface area contributed by atoms with Crippen molar-refractivity contribution in [3.05, 3.63) is 28.8 Å². The van der Waals surface area contributed by atoms with Gasteiger partial charge >= 0.3 is 0 Å². The Hall–Kier alpha value is -1.06. The van der Waals surface area contributed by atoms with Crippen LogP contribution >= 0.6 is 11.6 Å². The first-order chi connectivity index (χ1) is 8.06. The zero-order chi connectivity index (χ0) is 12.8. The number of Topliss-reactive ketones (excluding diaryl/α,β-unsaturated/α-hetero) is 1. The van der Waals surface area contributed by atoms with E-state index < -0.39 is 0 Å². The molecule has 0 aromatic heterocycles. The van der Waals surface area contributed by atoms with E-state index >= 15 is 0 Å². The average Bonchev–Trinajstić information content (AvgIpc) is 2.28. The molecule has 94 valence electrons. The van der Waals surface area contributed by atoms with Gasteiger partial charge in [0.25, 0.3) is 0 Å². The number of ether oxygens (including phenoxy) is 1. The predicted octanol–water partition coefficient (Wildman–Crippen LogP) is 3.02. The molecule has 1 aromatic rings. The molecule has 0 N–H and O–H groups in total. The fourth-order valence-corrected chi connectivity index (χ4v) is 1.91. The second-order valence-corrected chi connectivity index (χ2v) is 4.40. The van der Waals surface area contributed by atoms with Crippen LogP contribution in [0.1, 0.15) is 23.7 Å². The highest BCUT2D eigenvalue weighted by atomic mass is 35.5. The minimum Gasteiger partial charge on any atom is -0.385 e. The minimum atomic E-state index is -0.0106. The second kappa shape index (κ2) is 6.62. The zero-order valence-corrected chi connectivity index (χ0v) is 11.3. The zero-order valence-electron chi connectivity index (χ0n) is 10.5. The number of halogens is 1. The van der Waals surface area contributed by atoms with Gasteiger partial charge in [-0.25, -0.2) is 0 Å². The summed E-state index contributed by atoms with van der Waals surface area (Å²) in [5.74, 6) is -0.0106. The van der Waals surface area contributed by atoms with E-state index in [1.807, 2.05) is 19.2 Å². The molecule has 0 aliphatic heterocycles. The van der Waals surface area contributed by atoms with E-state index in [1.54, 1.807) is 13.2 Å². The van der Waals surface area contributed by atoms with Crippen molar-refractivity contribution in [2.24, 2.45) is 0 Å². The molecule has 1 rings (SSSR count). The van der Waals surface area contributed by atoms with Crippen LogP contribution in [-0.2, 0) is 4.74 Å². The van der Waals surface area contributed by atoms with Gasteiger partial charge in [0.05, 0.1) is 5.02 Å². The van der Waals surface area contributed by atoms with Crippen LogP contribution in [0, 0.1) is 0 Å². The molecule has 17 heavy (non-hydrogen) atoms. The van der Waals surface area contributed by atoms with Crippen LogP contribution in [0.5, 0.6) is 0 Å². The van der Waals surface area contributed by atoms with Gasteiger partial charge in [0.15, 0.2) is 5.78 Å². The van der Waals surface area contributed by atoms with Gasteiger partial charge in [0.2, 0.25) is 0 Å². The van der Waals surface area contributed by atoms with Gasteiger partial charge in [0, 0.05) is 38.6 Å². The fourth-order valence-electron chi connectivity index (χ4n) is 1.60. The number of ketones is 1. The molecule has 0 radical (unpaired) electrons. The number of methoxy groups -OCH3 is 1. The Kier molecular flexibility index (Phi) is 5.45. The van der Waals surface area contributed by atoms with E-state index in [0.717, 1.165) is 25.3 Å². The first-order valence-electron chi connectivity index (χ1n) is 5.57. The van der Waals surface area contributed by atoms with Crippen LogP contribution in [0.25, 0.3) is 0 Å². The summed E-state index contributed by atoms with van der Waals surface area (Å²) in [4.78, 5) is 13.3. The molecule has 0 heterocycles. The number of benzene rings is 1. The van der Waals surface area contributed by atoms with E-state index in [4.69, 9.17) is 16.3 Å². The minimum absolute atomic E-state index is 0.0106. The Morgan fingerprint density at radius 2 is 2.18 bits per heavy atom. The third-order valence-corrected chi connectivity index (χ3v) is 2.93. The summed E-state index contributed by atoms with van der Waals surface area (Å²) in [5, 5.41) is 0.508. The maximum atomic E-state index is 11.2. The Morgan fingerprint density at radius 3 is 2.71 bits per heavy atom. The number of hydrogen-bond donors (Lipinski definition) is 0. The second-order valence-electron chi connectivity index (χ2n) is 3.99. The van der Waals surface area contributed by atoms with Crippen molar-refractivity contribution < 1.29 is 9.53 Å². The standard InChI is InChI=1S/C13H18ClNO2/c1-10(16)12-6-5-11(9-13(12)14)15(2)7-4-8-17-3/h5-6,9H,4,7-8H2,1-3H3. The van der Waals surface area contributed by atoms with Gasteiger partial charge in [-0.1, -0.05) is 11.6 Å². The predicted molar refractivity (Wildman–Crippen MR) is 71.2 cm³/mol. The van der Waals surface area contributed by atoms with Crippen LogP contribution in [0.4, 0.5) is 5.69 Å². The first kappa shape index (κ1) is 14.0. The highest BCUT2D eigenvalue weighted by Crippen LogP contribution is 2.23. The van der Waals surface area contributed by atoms with Crippen molar-refractivity contribution in [1.82, 2.24) is 0 Å². The molecule has 0 atom stereocenters. The maximum Gasteiger partial charge on any atom is 0.161 e. The summed E-state index contributed by atoms with van der Waals surface area (Å²) in [5.41, 5.74) is 1.58. The van der Waals surface area contributed by atoms with E-state index in [1.165, 1.54) is 6.92 Å². The SMILES string of the molecule is COCCCN(C)c1ccc(C(C)=O)c(Cl)c1. The number of rotatable bonds is 6. The molecule has 0 saturated heterocycles. The van der Waals surface area contributed by atoms with Crippen LogP contribution in [0.15, 0.2) is 18.2 Å². The monoisotopic (exact) mass is 255 g/mol. The lowest BCUT2D eigenvalue weighted by Gasteiger charge is -2.19. The van der Waals surface area contributed by atoms with Gasteiger partial charge < -0.3 is 9.64 Å². The summed E-state index contributed by atoms with van der Waals surface area (Å²) in [6.07, 6.45) is 0.957. The summed E-state index contributed by atoms with van der Waals surface area (Å²) >= 11 is 6.06. The molecule has 0 saturated carbocycles. The molecular formula is C13H18ClNO2. The Labute approximate surface area is 107 Å². The van der Waals surface area contributed by atoms with Gasteiger partial charge in [-0.15, -0.1) is 0 Å². The quantitative estimate of drug-likeness (QED) is 0.578. The van der Waals surface area contributed by atoms with E-state index in [-0.39, 0.29) is 5.78 Å². The van der Waals surface area contributed by atoms with Crippen molar-refractivity contribution >= 4 is 23.1 Å². The summed E-state index contributed by atoms with van der Waals surface area (Å²) < 4.78 is 5.01. The Balaban J connectivity index is 2.72. The molecular weight excluding hydrogens is 238 g/mol. The highest BCUT2D eigenvalue weighted by Gasteiger charge is 2.08. The van der Waals surface area contributed by atoms with Gasteiger partial charge in [-0.05, 0) is 31.5 Å². The number of carbonyl (C=O) groups excluding carboxylic acids is 1. The van der Waals surface area contributed by atoms with Crippen LogP contribution in [-0.4, -0.2) is 33.1 Å². The van der Waals surface area contributed by atoms with Crippen molar-refractivity contribution in [3.63, 3.8) is 0 Å². The molecule has 0 fully saturated rings. The average molecular weight is 256 g/mol. The smallest absolute Gasteiger partial charge is 0.161 e. The maximum absolute atomic E-state index is 11.2. The first-order valence-corrected chi connectivity index (χ1v) is 5.94. The lowest BCUT2D eigenvalue weighted by molar-refractivity contribution is 0.101. The van der Waals surface area contributed by atoms with Crippen LogP contribution in [0.3, 0.4) is 0 Å². The molecule has 0 unspecified atom stereocenters. The lowest BCUT2D eigenvalue weighted by atomic mass is 10.1. The number of hydrogen-bond acceptors (Lipinski definition) is 3. The Bertz CT molecular complexity index is 393. The molecule has 0 bridgehead atoms. The lowest BCUT2D eigenvalue weighted by Crippen LogP contribution is -2.19. The Morgan fingerprint density at radius 1 is 1.47 bits per heavy atom. The number of carbonyl (C=O) groups is 1. The van der Waals surface area contributed by atoms with E-state index in [0.29, 0.717) is 10.6 Å². The van der Waals surface area contributed by atoms with Crippen molar-refractivity contribution in [2.75, 3.05) is 32.2 Å². The summed E-state index contributed by atoms with van der Waals surface area (Å²) in [6, 6.07) is 5.51. The van der Waals surface area contributed by atoms with Gasteiger partial charge in [-0.3, -0.25) is 4.79 Å². The van der Waals surface area contributed by atoms with Crippen LogP contribution in [0.2, 0.25) is 5.02 Å². The summed E-state index contributed by atoms with van der Waals surface area (Å²) in [6.45, 7) is 3.15. The third-order valence-electron chi connectivity index (χ3n) is 2.61. The van der Waals surface area contributed by atoms with Gasteiger partial charge in [-0.2, -0.15) is 0 Å². The van der Waals surface area contributed by atoms with Crippen molar-refractivity contribution in [1.29, 1.82) is 0 Å². The third kappa shape index (κ3) is 4.02. The van der Waals surface area contributed by atoms with Crippen molar-refractivity contribution in [3.8, 4) is 0 Å². The largest absolute Gasteiger partial charge is 0.385 e. The van der Waals surface area contributed by atoms with Crippen molar-refractivity contribution in [2.45, 2.75) is 13.3 Å². The van der Waals surface area contributed by atoms with E-state index in [9.17, 15) is 4.79 Å². The number of nitrogens with zero attached hydrogens (tertiary/aromatic N) is 1. The molecule has 3 nitrogen and oxygen atoms in total. The molecule has 0 aliphatic carbocycles. The number of anilines is 1. The molecule has 0 amide bonds. The van der Waals surface area contributed by atoms with E-state index in [2.05, 4.69) is 4.90 Å². The molecule has 0 spiro atoms.